The summed E-state index contributed by atoms with van der Waals surface area (Å²) in [6, 6.07) is 32.3. The molecule has 1 aliphatic heterocycles. The molecular weight excluding hydrogens is 499 g/mol. The standard InChI is InChI=1S/C34H27BO3S/c1-33(2)34(3,4)38-35(37-33)27-17-10-16-23-22-14-9-15-24(31(22)39-32(23)27)26-19-20-11-5-6-12-21(20)30-29(26)25-13-7-8-18-28(25)36-30/h5-19H,1-4H3. The van der Waals surface area contributed by atoms with Gasteiger partial charge in [-0.1, -0.05) is 78.9 Å². The number of hydrogen-bond donors (Lipinski definition) is 0. The Bertz CT molecular complexity index is 2080. The lowest BCUT2D eigenvalue weighted by Crippen LogP contribution is -2.41. The Kier molecular flexibility index (Phi) is 4.74. The fraction of sp³-hybridized carbons (Fsp3) is 0.176. The minimum Gasteiger partial charge on any atom is -0.455 e. The molecule has 0 aliphatic carbocycles. The first kappa shape index (κ1) is 23.3. The molecule has 1 aliphatic rings. The van der Waals surface area contributed by atoms with Gasteiger partial charge < -0.3 is 13.7 Å². The molecule has 5 heteroatoms. The fourth-order valence-electron chi connectivity index (χ4n) is 5.98. The van der Waals surface area contributed by atoms with E-state index in [-0.39, 0.29) is 11.2 Å². The first-order chi connectivity index (χ1) is 18.8. The lowest BCUT2D eigenvalue weighted by molar-refractivity contribution is 0.00578. The number of para-hydroxylation sites is 1. The maximum atomic E-state index is 6.49. The van der Waals surface area contributed by atoms with Crippen LogP contribution in [0.15, 0.2) is 95.4 Å². The Morgan fingerprint density at radius 2 is 1.26 bits per heavy atom. The molecule has 7 aromatic rings. The second kappa shape index (κ2) is 7.95. The van der Waals surface area contributed by atoms with Crippen molar-refractivity contribution in [2.75, 3.05) is 0 Å². The van der Waals surface area contributed by atoms with Crippen molar-refractivity contribution < 1.29 is 13.7 Å². The summed E-state index contributed by atoms with van der Waals surface area (Å²) in [4.78, 5) is 0. The highest BCUT2D eigenvalue weighted by molar-refractivity contribution is 7.27. The van der Waals surface area contributed by atoms with Gasteiger partial charge in [0.25, 0.3) is 0 Å². The molecule has 0 amide bonds. The molecule has 0 unspecified atom stereocenters. The SMILES string of the molecule is CC1(C)OB(c2cccc3c2sc2c(-c4cc5ccccc5c5oc6ccccc6c45)cccc23)OC1(C)C. The molecule has 39 heavy (non-hydrogen) atoms. The van der Waals surface area contributed by atoms with Crippen LogP contribution >= 0.6 is 11.3 Å². The molecule has 0 N–H and O–H groups in total. The molecule has 1 saturated heterocycles. The number of benzene rings is 5. The van der Waals surface area contributed by atoms with Crippen LogP contribution in [0, 0.1) is 0 Å². The van der Waals surface area contributed by atoms with E-state index in [1.165, 1.54) is 42.1 Å². The van der Waals surface area contributed by atoms with Gasteiger partial charge in [-0.05, 0) is 56.2 Å². The van der Waals surface area contributed by atoms with Crippen LogP contribution in [0.3, 0.4) is 0 Å². The van der Waals surface area contributed by atoms with E-state index in [0.717, 1.165) is 27.4 Å². The third-order valence-corrected chi connectivity index (χ3v) is 10.0. The average Bonchev–Trinajstić information content (AvgIpc) is 3.57. The normalized spacial score (nSPS) is 16.9. The van der Waals surface area contributed by atoms with E-state index >= 15 is 0 Å². The van der Waals surface area contributed by atoms with E-state index in [2.05, 4.69) is 113 Å². The van der Waals surface area contributed by atoms with Gasteiger partial charge in [-0.3, -0.25) is 0 Å². The van der Waals surface area contributed by atoms with Crippen LogP contribution in [0.4, 0.5) is 0 Å². The summed E-state index contributed by atoms with van der Waals surface area (Å²) in [5.41, 5.74) is 4.59. The van der Waals surface area contributed by atoms with E-state index in [9.17, 15) is 0 Å². The highest BCUT2D eigenvalue weighted by atomic mass is 32.1. The van der Waals surface area contributed by atoms with Gasteiger partial charge in [0.05, 0.1) is 11.2 Å². The molecule has 190 valence electrons. The molecule has 0 radical (unpaired) electrons. The van der Waals surface area contributed by atoms with Gasteiger partial charge in [0.1, 0.15) is 11.2 Å². The Hall–Kier alpha value is -3.64. The zero-order valence-electron chi connectivity index (χ0n) is 22.4. The van der Waals surface area contributed by atoms with Gasteiger partial charge in [-0.15, -0.1) is 11.3 Å². The zero-order chi connectivity index (χ0) is 26.5. The molecule has 3 nitrogen and oxygen atoms in total. The van der Waals surface area contributed by atoms with E-state index in [0.29, 0.717) is 0 Å². The predicted molar refractivity (Wildman–Crippen MR) is 165 cm³/mol. The highest BCUT2D eigenvalue weighted by Gasteiger charge is 2.52. The first-order valence-corrected chi connectivity index (χ1v) is 14.3. The predicted octanol–water partition coefficient (Wildman–Crippen LogP) is 9.07. The first-order valence-electron chi connectivity index (χ1n) is 13.5. The zero-order valence-corrected chi connectivity index (χ0v) is 23.2. The largest absolute Gasteiger partial charge is 0.496 e. The van der Waals surface area contributed by atoms with Gasteiger partial charge in [0.2, 0.25) is 0 Å². The van der Waals surface area contributed by atoms with Crippen molar-refractivity contribution in [2.45, 2.75) is 38.9 Å². The highest BCUT2D eigenvalue weighted by Crippen LogP contribution is 2.46. The lowest BCUT2D eigenvalue weighted by atomic mass is 9.78. The Balaban J connectivity index is 1.43. The minimum atomic E-state index is -0.402. The summed E-state index contributed by atoms with van der Waals surface area (Å²) >= 11 is 1.83. The Morgan fingerprint density at radius 1 is 0.615 bits per heavy atom. The summed E-state index contributed by atoms with van der Waals surface area (Å²) < 4.78 is 21.9. The molecular formula is C34H27BO3S. The number of thiophene rings is 1. The van der Waals surface area contributed by atoms with Crippen molar-refractivity contribution in [1.29, 1.82) is 0 Å². The van der Waals surface area contributed by atoms with Crippen molar-refractivity contribution in [3.63, 3.8) is 0 Å². The summed E-state index contributed by atoms with van der Waals surface area (Å²) in [6.45, 7) is 8.43. The molecule has 5 aromatic carbocycles. The van der Waals surface area contributed by atoms with Gasteiger partial charge in [0, 0.05) is 42.0 Å². The number of hydrogen-bond acceptors (Lipinski definition) is 4. The second-order valence-electron chi connectivity index (χ2n) is 11.5. The average molecular weight is 526 g/mol. The number of furan rings is 1. The number of fused-ring (bicyclic) bond motifs is 8. The lowest BCUT2D eigenvalue weighted by Gasteiger charge is -2.32. The van der Waals surface area contributed by atoms with Crippen LogP contribution in [0.2, 0.25) is 0 Å². The third-order valence-electron chi connectivity index (χ3n) is 8.72. The Morgan fingerprint density at radius 3 is 2.05 bits per heavy atom. The monoisotopic (exact) mass is 526 g/mol. The molecule has 0 atom stereocenters. The molecule has 8 rings (SSSR count). The van der Waals surface area contributed by atoms with E-state index in [1.807, 2.05) is 17.4 Å². The summed E-state index contributed by atoms with van der Waals surface area (Å²) in [6.07, 6.45) is 0. The van der Waals surface area contributed by atoms with E-state index < -0.39 is 7.12 Å². The molecule has 0 bridgehead atoms. The van der Waals surface area contributed by atoms with Crippen LogP contribution in [-0.2, 0) is 9.31 Å². The summed E-state index contributed by atoms with van der Waals surface area (Å²) in [5.74, 6) is 0. The molecule has 2 aromatic heterocycles. The van der Waals surface area contributed by atoms with Crippen molar-refractivity contribution in [1.82, 2.24) is 0 Å². The molecule has 3 heterocycles. The third kappa shape index (κ3) is 3.24. The van der Waals surface area contributed by atoms with Crippen LogP contribution in [-0.4, -0.2) is 18.3 Å². The second-order valence-corrected chi connectivity index (χ2v) is 12.6. The maximum absolute atomic E-state index is 6.49. The van der Waals surface area contributed by atoms with Crippen molar-refractivity contribution >= 4 is 76.8 Å². The van der Waals surface area contributed by atoms with Crippen LogP contribution < -0.4 is 5.46 Å². The smallest absolute Gasteiger partial charge is 0.455 e. The van der Waals surface area contributed by atoms with E-state index in [1.54, 1.807) is 0 Å². The van der Waals surface area contributed by atoms with Gasteiger partial charge in [-0.2, -0.15) is 0 Å². The number of rotatable bonds is 2. The molecule has 0 spiro atoms. The van der Waals surface area contributed by atoms with Gasteiger partial charge >= 0.3 is 7.12 Å². The van der Waals surface area contributed by atoms with Crippen molar-refractivity contribution in [3.05, 3.63) is 91.0 Å². The van der Waals surface area contributed by atoms with Crippen molar-refractivity contribution in [2.24, 2.45) is 0 Å². The quantitative estimate of drug-likeness (QED) is 0.211. The maximum Gasteiger partial charge on any atom is 0.496 e. The molecule has 0 saturated carbocycles. The van der Waals surface area contributed by atoms with Crippen LogP contribution in [0.25, 0.3) is 64.0 Å². The topological polar surface area (TPSA) is 31.6 Å². The van der Waals surface area contributed by atoms with Crippen LogP contribution in [0.5, 0.6) is 0 Å². The van der Waals surface area contributed by atoms with E-state index in [4.69, 9.17) is 13.7 Å². The Labute approximate surface area is 231 Å². The van der Waals surface area contributed by atoms with Crippen molar-refractivity contribution in [3.8, 4) is 11.1 Å². The van der Waals surface area contributed by atoms with Crippen LogP contribution in [0.1, 0.15) is 27.7 Å². The minimum absolute atomic E-state index is 0.388. The summed E-state index contributed by atoms with van der Waals surface area (Å²) in [5, 5.41) is 7.11. The summed E-state index contributed by atoms with van der Waals surface area (Å²) in [7, 11) is -0.402. The fourth-order valence-corrected chi connectivity index (χ4v) is 7.33. The molecule has 1 fully saturated rings. The van der Waals surface area contributed by atoms with Gasteiger partial charge in [0.15, 0.2) is 0 Å². The van der Waals surface area contributed by atoms with Gasteiger partial charge in [-0.25, -0.2) is 0 Å².